The summed E-state index contributed by atoms with van der Waals surface area (Å²) in [4.78, 5) is 8.02. The highest BCUT2D eigenvalue weighted by atomic mass is 16.3. The van der Waals surface area contributed by atoms with E-state index < -0.39 is 0 Å². The number of hydrogen-bond acceptors (Lipinski definition) is 5. The van der Waals surface area contributed by atoms with Crippen molar-refractivity contribution in [2.24, 2.45) is 0 Å². The number of furan rings is 2. The summed E-state index contributed by atoms with van der Waals surface area (Å²) in [5, 5.41) is 18.0. The van der Waals surface area contributed by atoms with Crippen LogP contribution in [0.25, 0.3) is 70.3 Å². The van der Waals surface area contributed by atoms with Crippen molar-refractivity contribution in [3.05, 3.63) is 199 Å². The number of rotatable bonds is 6. The molecule has 0 radical (unpaired) electrons. The number of fused-ring (bicyclic) bond motifs is 8. The van der Waals surface area contributed by atoms with E-state index in [0.717, 1.165) is 99.5 Å². The molecule has 0 unspecified atom stereocenters. The lowest BCUT2D eigenvalue weighted by Crippen LogP contribution is -2.09. The van der Waals surface area contributed by atoms with Crippen molar-refractivity contribution in [2.45, 2.75) is 0 Å². The summed E-state index contributed by atoms with van der Waals surface area (Å²) < 4.78 is 13.2. The maximum Gasteiger partial charge on any atom is 0.189 e. The van der Waals surface area contributed by atoms with Gasteiger partial charge < -0.3 is 18.6 Å². The molecule has 0 N–H and O–H groups in total. The Hall–Kier alpha value is -8.32. The molecule has 0 atom stereocenters. The van der Waals surface area contributed by atoms with Gasteiger partial charge in [-0.3, -0.25) is 0 Å². The van der Waals surface area contributed by atoms with E-state index >= 15 is 0 Å². The third-order valence-corrected chi connectivity index (χ3v) is 10.9. The van der Waals surface area contributed by atoms with Gasteiger partial charge in [0.1, 0.15) is 22.3 Å². The Bertz CT molecular complexity index is 3270. The molecule has 0 aliphatic rings. The Morgan fingerprint density at radius 3 is 1.36 bits per heavy atom. The number of benzene rings is 9. The second kappa shape index (κ2) is 13.2. The minimum absolute atomic E-state index is 0.592. The molecule has 0 spiro atoms. The van der Waals surface area contributed by atoms with Crippen molar-refractivity contribution in [3.63, 3.8) is 0 Å². The third-order valence-electron chi connectivity index (χ3n) is 10.9. The molecule has 0 bridgehead atoms. The Morgan fingerprint density at radius 2 is 0.845 bits per heavy atom. The number of nitrogens with zero attached hydrogens (tertiary/aromatic N) is 4. The lowest BCUT2D eigenvalue weighted by Gasteiger charge is -2.26. The quantitative estimate of drug-likeness (QED) is 0.159. The number of nitriles is 1. The molecule has 0 aliphatic carbocycles. The van der Waals surface area contributed by atoms with Crippen LogP contribution in [-0.4, -0.2) is 0 Å². The SMILES string of the molecule is [C-]#[N+]c1cccc(N(c2ccccc2)c2ccc3cc4c(cc3c2)oc2cc3c(cc24)oc2cc4cc(N(c5ccccc5)c5cccc(C#N)c5)ccc4cc23)c1. The molecule has 11 aromatic rings. The molecule has 0 amide bonds. The molecule has 0 saturated carbocycles. The molecule has 11 rings (SSSR count). The molecular weight excluding hydrogens is 713 g/mol. The van der Waals surface area contributed by atoms with E-state index in [1.807, 2.05) is 84.9 Å². The van der Waals surface area contributed by atoms with Crippen LogP contribution >= 0.6 is 0 Å². The molecule has 2 aromatic heterocycles. The van der Waals surface area contributed by atoms with Crippen LogP contribution in [0.15, 0.2) is 191 Å². The fraction of sp³-hybridized carbons (Fsp3) is 0. The van der Waals surface area contributed by atoms with Crippen LogP contribution in [0.4, 0.5) is 39.8 Å². The van der Waals surface area contributed by atoms with Crippen molar-refractivity contribution in [1.82, 2.24) is 0 Å². The summed E-state index contributed by atoms with van der Waals surface area (Å²) in [5.74, 6) is 0. The Morgan fingerprint density at radius 1 is 0.397 bits per heavy atom. The average Bonchev–Trinajstić information content (AvgIpc) is 3.80. The number of hydrogen-bond donors (Lipinski definition) is 0. The minimum Gasteiger partial charge on any atom is -0.456 e. The van der Waals surface area contributed by atoms with Crippen molar-refractivity contribution >= 4 is 105 Å². The van der Waals surface area contributed by atoms with Crippen molar-refractivity contribution < 1.29 is 8.83 Å². The first kappa shape index (κ1) is 33.1. The highest BCUT2D eigenvalue weighted by Crippen LogP contribution is 2.43. The van der Waals surface area contributed by atoms with Gasteiger partial charge in [0.2, 0.25) is 0 Å². The van der Waals surface area contributed by atoms with Crippen LogP contribution < -0.4 is 9.80 Å². The van der Waals surface area contributed by atoms with Gasteiger partial charge in [-0.05, 0) is 137 Å². The van der Waals surface area contributed by atoms with Crippen molar-refractivity contribution in [3.8, 4) is 6.07 Å². The van der Waals surface area contributed by atoms with Gasteiger partial charge in [-0.25, -0.2) is 4.85 Å². The minimum atomic E-state index is 0.592. The summed E-state index contributed by atoms with van der Waals surface area (Å²) >= 11 is 0. The largest absolute Gasteiger partial charge is 0.456 e. The fourth-order valence-corrected chi connectivity index (χ4v) is 8.25. The maximum absolute atomic E-state index is 9.64. The fourth-order valence-electron chi connectivity index (χ4n) is 8.25. The van der Waals surface area contributed by atoms with Crippen LogP contribution in [0.3, 0.4) is 0 Å². The molecule has 6 nitrogen and oxygen atoms in total. The van der Waals surface area contributed by atoms with Crippen LogP contribution in [0, 0.1) is 17.9 Å². The highest BCUT2D eigenvalue weighted by molar-refractivity contribution is 6.18. The number of para-hydroxylation sites is 2. The van der Waals surface area contributed by atoms with E-state index in [-0.39, 0.29) is 0 Å². The summed E-state index contributed by atoms with van der Waals surface area (Å²) in [5.41, 5.74) is 10.2. The molecule has 270 valence electrons. The Balaban J connectivity index is 1.00. The molecule has 2 heterocycles. The van der Waals surface area contributed by atoms with Gasteiger partial charge >= 0.3 is 0 Å². The summed E-state index contributed by atoms with van der Waals surface area (Å²) in [6.45, 7) is 7.59. The summed E-state index contributed by atoms with van der Waals surface area (Å²) in [6.07, 6.45) is 0. The first-order valence-corrected chi connectivity index (χ1v) is 19.0. The second-order valence-corrected chi connectivity index (χ2v) is 14.4. The standard InChI is InChI=1S/C52H30N4O2/c1-54-38-11-9-17-42(29-38)56(40-14-6-3-7-15-40)44-21-19-35-26-46-48-31-51-47(30-52(48)58-50(46)28-37(35)24-44)45-25-34-18-20-43(23-36(34)27-49(45)57-51)55(39-12-4-2-5-13-39)41-16-8-10-33(22-41)32-53/h2-31H. The van der Waals surface area contributed by atoms with E-state index in [1.54, 1.807) is 0 Å². The van der Waals surface area contributed by atoms with Gasteiger partial charge in [0.05, 0.1) is 18.2 Å². The van der Waals surface area contributed by atoms with Crippen LogP contribution in [0.2, 0.25) is 0 Å². The molecule has 0 fully saturated rings. The predicted octanol–water partition coefficient (Wildman–Crippen LogP) is 15.2. The van der Waals surface area contributed by atoms with Crippen LogP contribution in [0.1, 0.15) is 5.56 Å². The van der Waals surface area contributed by atoms with Gasteiger partial charge in [-0.1, -0.05) is 66.7 Å². The maximum atomic E-state index is 9.64. The first-order valence-electron chi connectivity index (χ1n) is 19.0. The molecule has 0 saturated heterocycles. The third kappa shape index (κ3) is 5.48. The van der Waals surface area contributed by atoms with E-state index in [2.05, 4.69) is 118 Å². The van der Waals surface area contributed by atoms with E-state index in [0.29, 0.717) is 11.3 Å². The summed E-state index contributed by atoms with van der Waals surface area (Å²) in [6, 6.07) is 63.8. The van der Waals surface area contributed by atoms with Crippen LogP contribution in [0.5, 0.6) is 0 Å². The molecule has 6 heteroatoms. The van der Waals surface area contributed by atoms with Gasteiger partial charge in [-0.15, -0.1) is 0 Å². The lowest BCUT2D eigenvalue weighted by atomic mass is 10.0. The van der Waals surface area contributed by atoms with Gasteiger partial charge in [0.15, 0.2) is 5.69 Å². The van der Waals surface area contributed by atoms with Crippen molar-refractivity contribution in [2.75, 3.05) is 9.80 Å². The molecule has 58 heavy (non-hydrogen) atoms. The topological polar surface area (TPSA) is 60.9 Å². The first-order chi connectivity index (χ1) is 28.6. The molecular formula is C52H30N4O2. The Labute approximate surface area is 333 Å². The zero-order chi connectivity index (χ0) is 38.7. The normalized spacial score (nSPS) is 11.4. The lowest BCUT2D eigenvalue weighted by molar-refractivity contribution is 0.664. The second-order valence-electron chi connectivity index (χ2n) is 14.4. The monoisotopic (exact) mass is 742 g/mol. The Kier molecular flexibility index (Phi) is 7.50. The highest BCUT2D eigenvalue weighted by Gasteiger charge is 2.19. The zero-order valence-electron chi connectivity index (χ0n) is 30.9. The molecule has 0 aliphatic heterocycles. The van der Waals surface area contributed by atoms with E-state index in [4.69, 9.17) is 15.4 Å². The number of anilines is 6. The smallest absolute Gasteiger partial charge is 0.189 e. The predicted molar refractivity (Wildman–Crippen MR) is 236 cm³/mol. The zero-order valence-corrected chi connectivity index (χ0v) is 30.9. The average molecular weight is 743 g/mol. The van der Waals surface area contributed by atoms with E-state index in [1.165, 1.54) is 0 Å². The van der Waals surface area contributed by atoms with E-state index in [9.17, 15) is 5.26 Å². The molecule has 9 aromatic carbocycles. The van der Waals surface area contributed by atoms with Crippen molar-refractivity contribution in [1.29, 1.82) is 5.26 Å². The summed E-state index contributed by atoms with van der Waals surface area (Å²) in [7, 11) is 0. The van der Waals surface area contributed by atoms with Crippen LogP contribution in [-0.2, 0) is 0 Å². The van der Waals surface area contributed by atoms with Gasteiger partial charge in [0.25, 0.3) is 0 Å². The van der Waals surface area contributed by atoms with Gasteiger partial charge in [0, 0.05) is 55.7 Å². The van der Waals surface area contributed by atoms with Gasteiger partial charge in [-0.2, -0.15) is 5.26 Å².